The van der Waals surface area contributed by atoms with Crippen LogP contribution in [0.4, 0.5) is 4.39 Å². The fourth-order valence-corrected chi connectivity index (χ4v) is 1.85. The Bertz CT molecular complexity index is 517. The number of halogens is 1. The largest absolute Gasteiger partial charge is 0.490 e. The fourth-order valence-electron chi connectivity index (χ4n) is 1.85. The van der Waals surface area contributed by atoms with Crippen LogP contribution >= 0.6 is 0 Å². The van der Waals surface area contributed by atoms with Crippen LogP contribution in [0.5, 0.6) is 5.75 Å². The highest BCUT2D eigenvalue weighted by Gasteiger charge is 2.09. The van der Waals surface area contributed by atoms with E-state index in [4.69, 9.17) is 4.74 Å². The molecule has 0 aliphatic heterocycles. The molecule has 0 spiro atoms. The van der Waals surface area contributed by atoms with Gasteiger partial charge < -0.3 is 10.1 Å². The third kappa shape index (κ3) is 3.76. The molecule has 2 rings (SSSR count). The first kappa shape index (κ1) is 13.5. The van der Waals surface area contributed by atoms with E-state index in [-0.39, 0.29) is 5.82 Å². The zero-order valence-corrected chi connectivity index (χ0v) is 10.9. The van der Waals surface area contributed by atoms with Crippen molar-refractivity contribution in [2.45, 2.75) is 13.0 Å². The summed E-state index contributed by atoms with van der Waals surface area (Å²) in [6.45, 7) is 0.991. The standard InChI is InChI=1S/C15H17FN2O/c1-17-11-12-5-4-7-14(16)15(12)19-10-8-13-6-2-3-9-18-13/h2-7,9,17H,8,10-11H2,1H3. The molecule has 1 heterocycles. The van der Waals surface area contributed by atoms with Crippen molar-refractivity contribution in [3.05, 3.63) is 59.7 Å². The number of hydrogen-bond donors (Lipinski definition) is 1. The van der Waals surface area contributed by atoms with E-state index in [9.17, 15) is 4.39 Å². The lowest BCUT2D eigenvalue weighted by molar-refractivity contribution is 0.300. The Hall–Kier alpha value is -1.94. The number of rotatable bonds is 6. The molecular formula is C15H17FN2O. The van der Waals surface area contributed by atoms with Gasteiger partial charge in [-0.25, -0.2) is 4.39 Å². The molecule has 1 aromatic carbocycles. The molecule has 0 aliphatic carbocycles. The number of hydrogen-bond acceptors (Lipinski definition) is 3. The normalized spacial score (nSPS) is 10.4. The molecule has 19 heavy (non-hydrogen) atoms. The van der Waals surface area contributed by atoms with Crippen LogP contribution < -0.4 is 10.1 Å². The van der Waals surface area contributed by atoms with Crippen molar-refractivity contribution in [3.63, 3.8) is 0 Å². The molecule has 3 nitrogen and oxygen atoms in total. The van der Waals surface area contributed by atoms with Gasteiger partial charge >= 0.3 is 0 Å². The molecule has 0 aliphatic rings. The van der Waals surface area contributed by atoms with E-state index < -0.39 is 0 Å². The van der Waals surface area contributed by atoms with Gasteiger partial charge in [0, 0.05) is 30.4 Å². The third-order valence-electron chi connectivity index (χ3n) is 2.75. The molecule has 1 aromatic heterocycles. The van der Waals surface area contributed by atoms with Crippen molar-refractivity contribution in [2.75, 3.05) is 13.7 Å². The van der Waals surface area contributed by atoms with E-state index in [1.165, 1.54) is 6.07 Å². The Kier molecular flexibility index (Phi) is 4.86. The summed E-state index contributed by atoms with van der Waals surface area (Å²) in [5.41, 5.74) is 1.76. The summed E-state index contributed by atoms with van der Waals surface area (Å²) < 4.78 is 19.3. The smallest absolute Gasteiger partial charge is 0.165 e. The number of ether oxygens (including phenoxy) is 1. The molecule has 2 aromatic rings. The van der Waals surface area contributed by atoms with Crippen molar-refractivity contribution in [1.82, 2.24) is 10.3 Å². The second kappa shape index (κ2) is 6.85. The van der Waals surface area contributed by atoms with E-state index in [0.29, 0.717) is 25.3 Å². The van der Waals surface area contributed by atoms with Gasteiger partial charge in [-0.3, -0.25) is 4.98 Å². The zero-order chi connectivity index (χ0) is 13.5. The quantitative estimate of drug-likeness (QED) is 0.866. The first-order valence-electron chi connectivity index (χ1n) is 6.26. The maximum absolute atomic E-state index is 13.7. The van der Waals surface area contributed by atoms with Gasteiger partial charge in [-0.2, -0.15) is 0 Å². The highest BCUT2D eigenvalue weighted by molar-refractivity contribution is 5.34. The van der Waals surface area contributed by atoms with Crippen LogP contribution in [0.1, 0.15) is 11.3 Å². The van der Waals surface area contributed by atoms with Crippen molar-refractivity contribution in [3.8, 4) is 5.75 Å². The molecule has 1 N–H and O–H groups in total. The minimum absolute atomic E-state index is 0.325. The maximum Gasteiger partial charge on any atom is 0.165 e. The molecule has 4 heteroatoms. The monoisotopic (exact) mass is 260 g/mol. The minimum atomic E-state index is -0.325. The summed E-state index contributed by atoms with van der Waals surface area (Å²) in [5.74, 6) is 0.00144. The highest BCUT2D eigenvalue weighted by atomic mass is 19.1. The maximum atomic E-state index is 13.7. The van der Waals surface area contributed by atoms with Crippen LogP contribution in [0.2, 0.25) is 0 Å². The molecule has 100 valence electrons. The van der Waals surface area contributed by atoms with Gasteiger partial charge in [0.15, 0.2) is 11.6 Å². The average molecular weight is 260 g/mol. The molecule has 0 saturated heterocycles. The lowest BCUT2D eigenvalue weighted by atomic mass is 10.2. The van der Waals surface area contributed by atoms with E-state index in [1.807, 2.05) is 31.3 Å². The average Bonchev–Trinajstić information content (AvgIpc) is 2.43. The van der Waals surface area contributed by atoms with Crippen molar-refractivity contribution >= 4 is 0 Å². The minimum Gasteiger partial charge on any atom is -0.490 e. The number of nitrogens with zero attached hydrogens (tertiary/aromatic N) is 1. The molecule has 0 unspecified atom stereocenters. The first-order valence-corrected chi connectivity index (χ1v) is 6.26. The molecular weight excluding hydrogens is 243 g/mol. The topological polar surface area (TPSA) is 34.1 Å². The van der Waals surface area contributed by atoms with Gasteiger partial charge in [0.2, 0.25) is 0 Å². The Morgan fingerprint density at radius 2 is 2.11 bits per heavy atom. The van der Waals surface area contributed by atoms with Gasteiger partial charge in [-0.1, -0.05) is 18.2 Å². The van der Waals surface area contributed by atoms with E-state index in [1.54, 1.807) is 12.3 Å². The predicted molar refractivity (Wildman–Crippen MR) is 72.6 cm³/mol. The van der Waals surface area contributed by atoms with Gasteiger partial charge in [0.25, 0.3) is 0 Å². The number of nitrogens with one attached hydrogen (secondary N) is 1. The lowest BCUT2D eigenvalue weighted by Gasteiger charge is -2.12. The third-order valence-corrected chi connectivity index (χ3v) is 2.75. The Labute approximate surface area is 112 Å². The van der Waals surface area contributed by atoms with Gasteiger partial charge in [-0.05, 0) is 25.2 Å². The highest BCUT2D eigenvalue weighted by Crippen LogP contribution is 2.22. The number of para-hydroxylation sites is 1. The second-order valence-electron chi connectivity index (χ2n) is 4.18. The second-order valence-corrected chi connectivity index (χ2v) is 4.18. The fraction of sp³-hybridized carbons (Fsp3) is 0.267. The van der Waals surface area contributed by atoms with Gasteiger partial charge in [0.05, 0.1) is 6.61 Å². The zero-order valence-electron chi connectivity index (χ0n) is 10.9. The molecule has 0 amide bonds. The summed E-state index contributed by atoms with van der Waals surface area (Å²) in [5, 5.41) is 3.00. The van der Waals surface area contributed by atoms with Crippen molar-refractivity contribution in [2.24, 2.45) is 0 Å². The van der Waals surface area contributed by atoms with E-state index in [0.717, 1.165) is 11.3 Å². The summed E-state index contributed by atoms with van der Waals surface area (Å²) in [6, 6.07) is 10.7. The van der Waals surface area contributed by atoms with Crippen LogP contribution in [0, 0.1) is 5.82 Å². The van der Waals surface area contributed by atoms with Crippen LogP contribution in [-0.4, -0.2) is 18.6 Å². The number of aromatic nitrogens is 1. The van der Waals surface area contributed by atoms with Gasteiger partial charge in [-0.15, -0.1) is 0 Å². The van der Waals surface area contributed by atoms with E-state index in [2.05, 4.69) is 10.3 Å². The number of benzene rings is 1. The molecule has 0 atom stereocenters. The predicted octanol–water partition coefficient (Wildman–Crippen LogP) is 2.56. The lowest BCUT2D eigenvalue weighted by Crippen LogP contribution is -2.10. The van der Waals surface area contributed by atoms with Crippen LogP contribution in [0.25, 0.3) is 0 Å². The molecule has 0 saturated carbocycles. The Morgan fingerprint density at radius 1 is 1.21 bits per heavy atom. The van der Waals surface area contributed by atoms with Crippen LogP contribution in [0.3, 0.4) is 0 Å². The van der Waals surface area contributed by atoms with Crippen LogP contribution in [-0.2, 0) is 13.0 Å². The van der Waals surface area contributed by atoms with E-state index >= 15 is 0 Å². The summed E-state index contributed by atoms with van der Waals surface area (Å²) in [6.07, 6.45) is 2.40. The Morgan fingerprint density at radius 3 is 2.84 bits per heavy atom. The molecule has 0 bridgehead atoms. The SMILES string of the molecule is CNCc1cccc(F)c1OCCc1ccccn1. The number of pyridine rings is 1. The molecule has 0 fully saturated rings. The first-order chi connectivity index (χ1) is 9.31. The Balaban J connectivity index is 1.99. The molecule has 0 radical (unpaired) electrons. The van der Waals surface area contributed by atoms with Gasteiger partial charge in [0.1, 0.15) is 0 Å². The van der Waals surface area contributed by atoms with Crippen molar-refractivity contribution < 1.29 is 9.13 Å². The summed E-state index contributed by atoms with van der Waals surface area (Å²) in [7, 11) is 1.82. The summed E-state index contributed by atoms with van der Waals surface area (Å²) in [4.78, 5) is 4.21. The van der Waals surface area contributed by atoms with Crippen molar-refractivity contribution in [1.29, 1.82) is 0 Å². The summed E-state index contributed by atoms with van der Waals surface area (Å²) >= 11 is 0. The van der Waals surface area contributed by atoms with Crippen LogP contribution in [0.15, 0.2) is 42.6 Å².